The van der Waals surface area contributed by atoms with Crippen molar-refractivity contribution >= 4 is 17.8 Å². The minimum atomic E-state index is -1.42. The van der Waals surface area contributed by atoms with E-state index in [2.05, 4.69) is 17.2 Å². The molecular formula is C39H40F3N3O6. The van der Waals surface area contributed by atoms with E-state index in [0.29, 0.717) is 25.5 Å². The van der Waals surface area contributed by atoms with Gasteiger partial charge < -0.3 is 24.7 Å². The van der Waals surface area contributed by atoms with Crippen molar-refractivity contribution in [1.29, 1.82) is 0 Å². The van der Waals surface area contributed by atoms with Gasteiger partial charge in [0.1, 0.15) is 6.04 Å². The fraction of sp³-hybridized carbons (Fsp3) is 0.410. The smallest absolute Gasteiger partial charge is 0.305 e. The molecule has 1 saturated heterocycles. The van der Waals surface area contributed by atoms with E-state index in [1.807, 2.05) is 60.4 Å². The van der Waals surface area contributed by atoms with Crippen molar-refractivity contribution in [2.24, 2.45) is 0 Å². The normalized spacial score (nSPS) is 21.3. The number of piperazine rings is 1. The van der Waals surface area contributed by atoms with Crippen LogP contribution >= 0.6 is 0 Å². The Morgan fingerprint density at radius 1 is 1.04 bits per heavy atom. The van der Waals surface area contributed by atoms with E-state index < -0.39 is 71.6 Å². The maximum Gasteiger partial charge on any atom is 0.305 e. The average Bonchev–Trinajstić information content (AvgIpc) is 3.94. The first kappa shape index (κ1) is 35.9. The van der Waals surface area contributed by atoms with Crippen LogP contribution in [0.1, 0.15) is 60.8 Å². The van der Waals surface area contributed by atoms with Gasteiger partial charge in [-0.15, -0.1) is 0 Å². The zero-order valence-corrected chi connectivity index (χ0v) is 28.2. The number of halogens is 3. The number of carboxylic acids is 1. The predicted octanol–water partition coefficient (Wildman–Crippen LogP) is 4.61. The van der Waals surface area contributed by atoms with Crippen LogP contribution in [-0.4, -0.2) is 75.2 Å². The fourth-order valence-corrected chi connectivity index (χ4v) is 7.03. The fourth-order valence-electron chi connectivity index (χ4n) is 7.03. The third-order valence-corrected chi connectivity index (χ3v) is 9.81. The lowest BCUT2D eigenvalue weighted by molar-refractivity contribution is -0.156. The zero-order valence-electron chi connectivity index (χ0n) is 28.2. The molecule has 3 aromatic carbocycles. The largest absolute Gasteiger partial charge is 0.488 e. The summed E-state index contributed by atoms with van der Waals surface area (Å²) in [5.74, 6) is 0.00342. The summed E-state index contributed by atoms with van der Waals surface area (Å²) in [4.78, 5) is 43.5. The van der Waals surface area contributed by atoms with Crippen LogP contribution < -0.4 is 10.1 Å². The molecule has 2 aliphatic heterocycles. The van der Waals surface area contributed by atoms with Crippen molar-refractivity contribution in [2.45, 2.75) is 88.2 Å². The Bertz CT molecular complexity index is 1860. The summed E-state index contributed by atoms with van der Waals surface area (Å²) in [5, 5.41) is 23.3. The second-order valence-corrected chi connectivity index (χ2v) is 13.5. The van der Waals surface area contributed by atoms with Crippen LogP contribution in [0.15, 0.2) is 60.7 Å². The van der Waals surface area contributed by atoms with Crippen molar-refractivity contribution < 1.29 is 42.5 Å². The van der Waals surface area contributed by atoms with Crippen molar-refractivity contribution in [2.75, 3.05) is 13.2 Å². The third-order valence-electron chi connectivity index (χ3n) is 9.81. The molecule has 0 spiro atoms. The predicted molar refractivity (Wildman–Crippen MR) is 181 cm³/mol. The Morgan fingerprint density at radius 2 is 1.76 bits per heavy atom. The van der Waals surface area contributed by atoms with Gasteiger partial charge in [-0.2, -0.15) is 4.39 Å². The Labute approximate surface area is 294 Å². The van der Waals surface area contributed by atoms with Crippen molar-refractivity contribution in [3.8, 4) is 17.6 Å². The number of ether oxygens (including phenoxy) is 1. The highest BCUT2D eigenvalue weighted by molar-refractivity contribution is 5.91. The molecule has 9 nitrogen and oxygen atoms in total. The van der Waals surface area contributed by atoms with Crippen LogP contribution in [0.5, 0.6) is 5.75 Å². The molecule has 1 aliphatic carbocycles. The summed E-state index contributed by atoms with van der Waals surface area (Å²) >= 11 is 0. The molecule has 3 aromatic rings. The number of nitrogens with one attached hydrogen (secondary N) is 1. The van der Waals surface area contributed by atoms with Gasteiger partial charge in [-0.1, -0.05) is 60.4 Å². The highest BCUT2D eigenvalue weighted by Gasteiger charge is 2.56. The number of hydrogen-bond donors (Lipinski definition) is 3. The van der Waals surface area contributed by atoms with Gasteiger partial charge in [0, 0.05) is 25.6 Å². The van der Waals surface area contributed by atoms with Crippen LogP contribution in [0, 0.1) is 36.2 Å². The molecule has 4 atom stereocenters. The Kier molecular flexibility index (Phi) is 10.7. The lowest BCUT2D eigenvalue weighted by Gasteiger charge is -2.53. The molecule has 0 aromatic heterocycles. The number of rotatable bonds is 14. The van der Waals surface area contributed by atoms with Gasteiger partial charge in [-0.25, -0.2) is 8.78 Å². The minimum absolute atomic E-state index is 0.00460. The van der Waals surface area contributed by atoms with Crippen LogP contribution in [-0.2, 0) is 32.9 Å². The molecule has 51 heavy (non-hydrogen) atoms. The first-order valence-corrected chi connectivity index (χ1v) is 17.1. The van der Waals surface area contributed by atoms with Gasteiger partial charge in [-0.3, -0.25) is 19.7 Å². The molecule has 2 heterocycles. The molecule has 1 saturated carbocycles. The van der Waals surface area contributed by atoms with Crippen LogP contribution in [0.3, 0.4) is 0 Å². The van der Waals surface area contributed by atoms with Gasteiger partial charge in [0.15, 0.2) is 17.4 Å². The molecule has 2 amide bonds. The number of amides is 2. The standard InChI is InChI=1S/C39H40F3N3O6/c1-24-6-2-3-8-26(24)22-44(29-14-15-29)38(50)37-39(18-4-9-28(43-39)23-45(37)33(47)20-30(46)21-34(48)49)27-12-10-25(11-13-27)7-5-19-51-36-32(41)17-16-31(40)35(36)42/h2-3,6,8,10-13,16-17,28-30,37,43,46H,5,7,14-15,18-23H2,1H3,(H,48,49)/t28-,30-,37+,39+/m0/s1. The molecule has 2 bridgehead atoms. The van der Waals surface area contributed by atoms with Crippen molar-refractivity contribution in [1.82, 2.24) is 15.1 Å². The molecule has 0 unspecified atom stereocenters. The topological polar surface area (TPSA) is 119 Å². The summed E-state index contributed by atoms with van der Waals surface area (Å²) in [7, 11) is 0. The number of carboxylic acid groups (broad SMARTS) is 1. The maximum absolute atomic E-state index is 15.0. The van der Waals surface area contributed by atoms with Gasteiger partial charge in [-0.05, 0) is 67.0 Å². The van der Waals surface area contributed by atoms with E-state index in [4.69, 9.17) is 4.74 Å². The van der Waals surface area contributed by atoms with E-state index in [9.17, 15) is 37.8 Å². The third kappa shape index (κ3) is 7.90. The zero-order chi connectivity index (χ0) is 36.3. The van der Waals surface area contributed by atoms with Gasteiger partial charge in [0.25, 0.3) is 0 Å². The van der Waals surface area contributed by atoms with Crippen molar-refractivity contribution in [3.05, 3.63) is 100 Å². The number of aliphatic hydroxyl groups excluding tert-OH is 1. The summed E-state index contributed by atoms with van der Waals surface area (Å²) < 4.78 is 46.7. The van der Waals surface area contributed by atoms with E-state index in [1.54, 1.807) is 0 Å². The van der Waals surface area contributed by atoms with Crippen LogP contribution in [0.4, 0.5) is 13.2 Å². The summed E-state index contributed by atoms with van der Waals surface area (Å²) in [6.07, 6.45) is 0.229. The van der Waals surface area contributed by atoms with Gasteiger partial charge in [0.2, 0.25) is 17.6 Å². The molecule has 2 fully saturated rings. The highest BCUT2D eigenvalue weighted by atomic mass is 19.2. The molecular weight excluding hydrogens is 663 g/mol. The van der Waals surface area contributed by atoms with E-state index >= 15 is 0 Å². The van der Waals surface area contributed by atoms with E-state index in [-0.39, 0.29) is 31.5 Å². The Hall–Kier alpha value is -4.86. The second kappa shape index (κ2) is 15.2. The SMILES string of the molecule is Cc1ccccc1CN(C(=O)[C@H]1N(C(=O)C[C@H](O)CC(=O)O)C[C@@H]2C#CC[C@]1(c1ccc(CCCOc3c(F)ccc(F)c3F)cc1)N2)C1CC1. The number of carbonyl (C=O) groups excluding carboxylic acids is 2. The highest BCUT2D eigenvalue weighted by Crippen LogP contribution is 2.41. The lowest BCUT2D eigenvalue weighted by Crippen LogP contribution is -2.73. The number of aryl methyl sites for hydroxylation is 2. The van der Waals surface area contributed by atoms with Crippen LogP contribution in [0.2, 0.25) is 0 Å². The monoisotopic (exact) mass is 703 g/mol. The van der Waals surface area contributed by atoms with Crippen molar-refractivity contribution in [3.63, 3.8) is 0 Å². The number of fused-ring (bicyclic) bond motifs is 2. The molecule has 6 rings (SSSR count). The van der Waals surface area contributed by atoms with E-state index in [1.165, 1.54) is 4.90 Å². The molecule has 3 N–H and O–H groups in total. The molecule has 268 valence electrons. The first-order valence-electron chi connectivity index (χ1n) is 17.1. The summed E-state index contributed by atoms with van der Waals surface area (Å²) in [6, 6.07) is 15.3. The number of aliphatic carboxylic acids is 1. The Balaban J connectivity index is 1.28. The number of hydrogen-bond acceptors (Lipinski definition) is 6. The maximum atomic E-state index is 15.0. The van der Waals surface area contributed by atoms with E-state index in [0.717, 1.165) is 41.2 Å². The number of nitrogens with zero attached hydrogens (tertiary/aromatic N) is 2. The molecule has 12 heteroatoms. The van der Waals surface area contributed by atoms with Gasteiger partial charge >= 0.3 is 5.97 Å². The number of carbonyl (C=O) groups is 3. The summed E-state index contributed by atoms with van der Waals surface area (Å²) in [6.45, 7) is 2.37. The molecule has 3 aliphatic rings. The summed E-state index contributed by atoms with van der Waals surface area (Å²) in [5.41, 5.74) is 2.50. The average molecular weight is 704 g/mol. The first-order chi connectivity index (χ1) is 24.5. The minimum Gasteiger partial charge on any atom is -0.488 e. The van der Waals surface area contributed by atoms with Gasteiger partial charge in [0.05, 0.1) is 37.1 Å². The number of aliphatic hydroxyl groups is 1. The number of benzene rings is 3. The Morgan fingerprint density at radius 3 is 2.47 bits per heavy atom. The van der Waals surface area contributed by atoms with Crippen LogP contribution in [0.25, 0.3) is 0 Å². The second-order valence-electron chi connectivity index (χ2n) is 13.5. The lowest BCUT2D eigenvalue weighted by atomic mass is 9.73. The molecule has 0 radical (unpaired) electrons. The quantitative estimate of drug-likeness (QED) is 0.128.